The maximum atomic E-state index is 13.2. The molecule has 1 unspecified atom stereocenters. The molecule has 1 aromatic carbocycles. The van der Waals surface area contributed by atoms with Crippen molar-refractivity contribution in [3.8, 4) is 5.88 Å². The number of ether oxygens (including phenoxy) is 1. The van der Waals surface area contributed by atoms with Gasteiger partial charge in [0.05, 0.1) is 18.8 Å². The molecule has 0 saturated heterocycles. The van der Waals surface area contributed by atoms with Crippen molar-refractivity contribution >= 4 is 11.6 Å². The average molecular weight is 268 g/mol. The summed E-state index contributed by atoms with van der Waals surface area (Å²) in [7, 11) is 1.49. The summed E-state index contributed by atoms with van der Waals surface area (Å²) in [6.07, 6.45) is 0. The molecule has 94 valence electrons. The Balaban J connectivity index is 2.34. The van der Waals surface area contributed by atoms with Gasteiger partial charge in [-0.1, -0.05) is 11.6 Å². The second-order valence-corrected chi connectivity index (χ2v) is 4.05. The number of halogens is 2. The van der Waals surface area contributed by atoms with Crippen LogP contribution in [0, 0.1) is 5.82 Å². The Morgan fingerprint density at radius 3 is 2.67 bits per heavy atom. The average Bonchev–Trinajstić information content (AvgIpc) is 2.41. The van der Waals surface area contributed by atoms with E-state index in [1.165, 1.54) is 25.3 Å². The molecule has 0 spiro atoms. The van der Waals surface area contributed by atoms with Crippen LogP contribution in [0.15, 0.2) is 30.3 Å². The van der Waals surface area contributed by atoms with E-state index in [-0.39, 0.29) is 0 Å². The third kappa shape index (κ3) is 2.57. The molecule has 2 aromatic rings. The van der Waals surface area contributed by atoms with Gasteiger partial charge in [0.25, 0.3) is 0 Å². The molecule has 0 saturated carbocycles. The number of methoxy groups -OCH3 is 1. The van der Waals surface area contributed by atoms with Crippen molar-refractivity contribution in [2.24, 2.45) is 5.73 Å². The lowest BCUT2D eigenvalue weighted by Crippen LogP contribution is -2.15. The van der Waals surface area contributed by atoms with Crippen LogP contribution in [0.2, 0.25) is 5.02 Å². The van der Waals surface area contributed by atoms with Crippen LogP contribution in [0.1, 0.15) is 17.3 Å². The van der Waals surface area contributed by atoms with Crippen molar-refractivity contribution in [1.29, 1.82) is 0 Å². The van der Waals surface area contributed by atoms with Gasteiger partial charge in [-0.25, -0.2) is 4.39 Å². The summed E-state index contributed by atoms with van der Waals surface area (Å²) in [4.78, 5) is 0. The molecular formula is C12H11ClFN3O. The van der Waals surface area contributed by atoms with Gasteiger partial charge in [0.2, 0.25) is 5.88 Å². The predicted octanol–water partition coefficient (Wildman–Crippen LogP) is 2.33. The van der Waals surface area contributed by atoms with Gasteiger partial charge in [0.15, 0.2) is 0 Å². The van der Waals surface area contributed by atoms with Crippen molar-refractivity contribution in [3.63, 3.8) is 0 Å². The van der Waals surface area contributed by atoms with Gasteiger partial charge in [-0.15, -0.1) is 10.2 Å². The molecule has 18 heavy (non-hydrogen) atoms. The molecule has 0 aliphatic rings. The first-order valence-corrected chi connectivity index (χ1v) is 5.57. The second kappa shape index (κ2) is 5.29. The maximum Gasteiger partial charge on any atom is 0.233 e. The highest BCUT2D eigenvalue weighted by Gasteiger charge is 2.15. The minimum Gasteiger partial charge on any atom is -0.480 e. The molecule has 0 aliphatic heterocycles. The first-order valence-electron chi connectivity index (χ1n) is 5.20. The van der Waals surface area contributed by atoms with Crippen LogP contribution in [-0.2, 0) is 0 Å². The molecule has 1 aromatic heterocycles. The van der Waals surface area contributed by atoms with Crippen LogP contribution < -0.4 is 10.5 Å². The minimum atomic E-state index is -0.633. The van der Waals surface area contributed by atoms with Crippen LogP contribution in [0.4, 0.5) is 4.39 Å². The first-order chi connectivity index (χ1) is 8.61. The standard InChI is InChI=1S/C12H11ClFN3O/c1-18-11-5-4-10(16-17-11)12(15)8-6-7(14)2-3-9(8)13/h2-6,12H,15H2,1H3. The highest BCUT2D eigenvalue weighted by molar-refractivity contribution is 6.31. The fourth-order valence-corrected chi connectivity index (χ4v) is 1.75. The van der Waals surface area contributed by atoms with Crippen LogP contribution >= 0.6 is 11.6 Å². The van der Waals surface area contributed by atoms with Crippen molar-refractivity contribution in [2.45, 2.75) is 6.04 Å². The Labute approximate surface area is 109 Å². The molecule has 2 rings (SSSR count). The van der Waals surface area contributed by atoms with Crippen LogP contribution in [-0.4, -0.2) is 17.3 Å². The van der Waals surface area contributed by atoms with Crippen LogP contribution in [0.5, 0.6) is 5.88 Å². The van der Waals surface area contributed by atoms with E-state index in [2.05, 4.69) is 10.2 Å². The molecule has 0 amide bonds. The van der Waals surface area contributed by atoms with E-state index in [9.17, 15) is 4.39 Å². The number of rotatable bonds is 3. The second-order valence-electron chi connectivity index (χ2n) is 3.64. The zero-order valence-corrected chi connectivity index (χ0v) is 10.4. The molecule has 2 N–H and O–H groups in total. The predicted molar refractivity (Wildman–Crippen MR) is 66.0 cm³/mol. The molecule has 0 bridgehead atoms. The number of aromatic nitrogens is 2. The van der Waals surface area contributed by atoms with E-state index in [0.29, 0.717) is 22.2 Å². The number of hydrogen-bond donors (Lipinski definition) is 1. The monoisotopic (exact) mass is 267 g/mol. The Morgan fingerprint density at radius 2 is 2.06 bits per heavy atom. The van der Waals surface area contributed by atoms with E-state index >= 15 is 0 Å². The van der Waals surface area contributed by atoms with E-state index in [0.717, 1.165) is 0 Å². The first kappa shape index (κ1) is 12.7. The van der Waals surface area contributed by atoms with Gasteiger partial charge in [0, 0.05) is 11.1 Å². The zero-order valence-electron chi connectivity index (χ0n) is 9.60. The third-order valence-corrected chi connectivity index (χ3v) is 2.83. The molecular weight excluding hydrogens is 257 g/mol. The summed E-state index contributed by atoms with van der Waals surface area (Å²) in [5.74, 6) is -0.0115. The van der Waals surface area contributed by atoms with Gasteiger partial charge in [-0.2, -0.15) is 0 Å². The van der Waals surface area contributed by atoms with Gasteiger partial charge in [-0.05, 0) is 29.8 Å². The summed E-state index contributed by atoms with van der Waals surface area (Å²) >= 11 is 5.98. The highest BCUT2D eigenvalue weighted by Crippen LogP contribution is 2.26. The lowest BCUT2D eigenvalue weighted by Gasteiger charge is -2.12. The number of nitrogens with zero attached hydrogens (tertiary/aromatic N) is 2. The molecule has 0 aliphatic carbocycles. The summed E-state index contributed by atoms with van der Waals surface area (Å²) in [6.45, 7) is 0. The van der Waals surface area contributed by atoms with E-state index in [4.69, 9.17) is 22.1 Å². The molecule has 4 nitrogen and oxygen atoms in total. The Morgan fingerprint density at radius 1 is 1.28 bits per heavy atom. The van der Waals surface area contributed by atoms with Crippen LogP contribution in [0.25, 0.3) is 0 Å². The van der Waals surface area contributed by atoms with Crippen molar-refractivity contribution < 1.29 is 9.13 Å². The van der Waals surface area contributed by atoms with E-state index in [1.54, 1.807) is 12.1 Å². The smallest absolute Gasteiger partial charge is 0.233 e. The van der Waals surface area contributed by atoms with Crippen LogP contribution in [0.3, 0.4) is 0 Å². The maximum absolute atomic E-state index is 13.2. The fraction of sp³-hybridized carbons (Fsp3) is 0.167. The topological polar surface area (TPSA) is 61.0 Å². The van der Waals surface area contributed by atoms with Crippen molar-refractivity contribution in [1.82, 2.24) is 10.2 Å². The van der Waals surface area contributed by atoms with Gasteiger partial charge >= 0.3 is 0 Å². The van der Waals surface area contributed by atoms with E-state index in [1.807, 2.05) is 0 Å². The molecule has 1 heterocycles. The minimum absolute atomic E-state index is 0.385. The number of benzene rings is 1. The van der Waals surface area contributed by atoms with Gasteiger partial charge < -0.3 is 10.5 Å². The lowest BCUT2D eigenvalue weighted by atomic mass is 10.0. The normalized spacial score (nSPS) is 12.2. The van der Waals surface area contributed by atoms with E-state index < -0.39 is 11.9 Å². The van der Waals surface area contributed by atoms with Gasteiger partial charge in [-0.3, -0.25) is 0 Å². The Bertz CT molecular complexity index is 548. The molecule has 0 radical (unpaired) electrons. The third-order valence-electron chi connectivity index (χ3n) is 2.48. The molecule has 0 fully saturated rings. The van der Waals surface area contributed by atoms with Crippen molar-refractivity contribution in [2.75, 3.05) is 7.11 Å². The number of hydrogen-bond acceptors (Lipinski definition) is 4. The summed E-state index contributed by atoms with van der Waals surface area (Å²) in [6, 6.07) is 6.69. The number of nitrogens with two attached hydrogens (primary N) is 1. The summed E-state index contributed by atoms with van der Waals surface area (Å²) in [5, 5.41) is 8.11. The Kier molecular flexibility index (Phi) is 3.74. The van der Waals surface area contributed by atoms with Crippen molar-refractivity contribution in [3.05, 3.63) is 52.4 Å². The van der Waals surface area contributed by atoms with Gasteiger partial charge in [0.1, 0.15) is 5.82 Å². The quantitative estimate of drug-likeness (QED) is 0.927. The largest absolute Gasteiger partial charge is 0.480 e. The SMILES string of the molecule is COc1ccc(C(N)c2cc(F)ccc2Cl)nn1. The highest BCUT2D eigenvalue weighted by atomic mass is 35.5. The lowest BCUT2D eigenvalue weighted by molar-refractivity contribution is 0.390. The fourth-order valence-electron chi connectivity index (χ4n) is 1.52. The zero-order chi connectivity index (χ0) is 13.1. The summed E-state index contributed by atoms with van der Waals surface area (Å²) in [5.41, 5.74) is 6.94. The Hall–Kier alpha value is -1.72. The molecule has 1 atom stereocenters. The summed E-state index contributed by atoms with van der Waals surface area (Å²) < 4.78 is 18.1. The molecule has 6 heteroatoms.